The number of rotatable bonds is 23. The Hall–Kier alpha value is 0.704. The maximum atomic E-state index is 6.33. The van der Waals surface area contributed by atoms with Crippen molar-refractivity contribution in [1.82, 2.24) is 0 Å². The van der Waals surface area contributed by atoms with E-state index in [2.05, 4.69) is 113 Å². The quantitative estimate of drug-likeness (QED) is 0.0601. The number of allylic oxidation sites excluding steroid dienone is 1. The third kappa shape index (κ3) is 58.3. The second-order valence-corrected chi connectivity index (χ2v) is 36.6. The number of hydrogen-bond acceptors (Lipinski definition) is 3. The van der Waals surface area contributed by atoms with Gasteiger partial charge in [-0.3, -0.25) is 0 Å². The van der Waals surface area contributed by atoms with Crippen molar-refractivity contribution in [3.8, 4) is 0 Å². The van der Waals surface area contributed by atoms with Crippen molar-refractivity contribution < 1.29 is 12.3 Å². The van der Waals surface area contributed by atoms with Crippen LogP contribution in [0, 0.1) is 0 Å². The topological polar surface area (TPSA) is 27.7 Å². The first-order valence-electron chi connectivity index (χ1n) is 18.9. The Kier molecular flexibility index (Phi) is 37.8. The molecule has 0 radical (unpaired) electrons. The van der Waals surface area contributed by atoms with Crippen LogP contribution in [0.25, 0.3) is 0 Å². The van der Waals surface area contributed by atoms with Crippen molar-refractivity contribution in [2.45, 2.75) is 221 Å². The lowest BCUT2D eigenvalue weighted by molar-refractivity contribution is 0.428. The molecule has 0 saturated carbocycles. The van der Waals surface area contributed by atoms with Gasteiger partial charge < -0.3 is 12.3 Å². The van der Waals surface area contributed by atoms with Gasteiger partial charge in [0.15, 0.2) is 33.3 Å². The summed E-state index contributed by atoms with van der Waals surface area (Å²) in [6, 6.07) is 1.35. The Bertz CT molecular complexity index is 560. The first-order valence-corrected chi connectivity index (χ1v) is 34.3. The molecule has 270 valence electrons. The lowest BCUT2D eigenvalue weighted by atomic mass is 10.1. The Balaban J connectivity index is -0.000000254. The molecule has 0 rings (SSSR count). The van der Waals surface area contributed by atoms with Gasteiger partial charge in [-0.05, 0) is 97.4 Å². The molecule has 3 nitrogen and oxygen atoms in total. The highest BCUT2D eigenvalue weighted by Gasteiger charge is 2.28. The van der Waals surface area contributed by atoms with Gasteiger partial charge in [0.05, 0.1) is 0 Å². The van der Waals surface area contributed by atoms with Gasteiger partial charge in [-0.25, -0.2) is 0 Å². The van der Waals surface area contributed by atoms with Crippen molar-refractivity contribution in [1.29, 1.82) is 0 Å². The molecule has 0 amide bonds. The molecule has 0 unspecified atom stereocenters. The van der Waals surface area contributed by atoms with Crippen molar-refractivity contribution in [2.24, 2.45) is 0 Å². The van der Waals surface area contributed by atoms with E-state index in [0.29, 0.717) is 0 Å². The van der Waals surface area contributed by atoms with E-state index < -0.39 is 42.6 Å². The van der Waals surface area contributed by atoms with Crippen LogP contribution in [0.15, 0.2) is 12.7 Å². The van der Waals surface area contributed by atoms with Crippen LogP contribution in [-0.4, -0.2) is 42.6 Å². The molecule has 0 bridgehead atoms. The first kappa shape index (κ1) is 51.5. The van der Waals surface area contributed by atoms with Gasteiger partial charge in [0, 0.05) is 0 Å². The Morgan fingerprint density at radius 3 is 1.09 bits per heavy atom. The van der Waals surface area contributed by atoms with Crippen LogP contribution >= 0.6 is 0 Å². The van der Waals surface area contributed by atoms with Gasteiger partial charge in [-0.15, -0.1) is 6.58 Å². The lowest BCUT2D eigenvalue weighted by Gasteiger charge is -2.31. The van der Waals surface area contributed by atoms with E-state index in [1.165, 1.54) is 115 Å². The smallest absolute Gasteiger partial charge is 0.297 e. The van der Waals surface area contributed by atoms with Crippen molar-refractivity contribution in [2.75, 3.05) is 0 Å². The normalized spacial score (nSPS) is 12.0. The summed E-state index contributed by atoms with van der Waals surface area (Å²) in [5, 5.41) is 0. The maximum absolute atomic E-state index is 6.33. The summed E-state index contributed by atoms with van der Waals surface area (Å²) in [5.74, 6) is 0. The Morgan fingerprint density at radius 1 is 0.477 bits per heavy atom. The molecule has 44 heavy (non-hydrogen) atoms. The minimum Gasteiger partial charge on any atom is -0.456 e. The van der Waals surface area contributed by atoms with Crippen LogP contribution in [-0.2, 0) is 12.3 Å². The molecular weight excluding hydrogens is 621 g/mol. The summed E-state index contributed by atoms with van der Waals surface area (Å²) in [4.78, 5) is 0. The van der Waals surface area contributed by atoms with E-state index in [9.17, 15) is 0 Å². The van der Waals surface area contributed by atoms with Crippen LogP contribution in [0.1, 0.15) is 137 Å². The number of unbranched alkanes of at least 4 members (excludes halogenated alkanes) is 14. The van der Waals surface area contributed by atoms with Crippen molar-refractivity contribution >= 4 is 42.6 Å². The molecule has 0 heterocycles. The molecular formula is C36H88O3Si5. The lowest BCUT2D eigenvalue weighted by Crippen LogP contribution is -2.42. The van der Waals surface area contributed by atoms with Crippen molar-refractivity contribution in [3.05, 3.63) is 12.7 Å². The van der Waals surface area contributed by atoms with E-state index >= 15 is 0 Å². The fraction of sp³-hybridized carbons (Fsp3) is 0.944. The average Bonchev–Trinajstić information content (AvgIpc) is 2.84. The molecule has 0 saturated heterocycles. The highest BCUT2D eigenvalue weighted by atomic mass is 28.4. The minimum atomic E-state index is -1.36. The van der Waals surface area contributed by atoms with E-state index in [1.54, 1.807) is 0 Å². The standard InChI is InChI=1S/C13H32OSi2.C8H18.C8H16.C7H22O2Si3/c1-7-8-9-10-11-12-13-16(5,6)14-15(2,3)4;2*1-3-5-7-8-6-4-2;1-10(8-11(2,3)4)9-12(5,6)7/h7-13H2,1-6H3;3-8H2,1-2H3;3H,1,4-8H2,2H3;10H,1-7H3. The van der Waals surface area contributed by atoms with Gasteiger partial charge in [0.1, 0.15) is 0 Å². The van der Waals surface area contributed by atoms with E-state index in [1.807, 2.05) is 6.08 Å². The van der Waals surface area contributed by atoms with Crippen LogP contribution in [0.3, 0.4) is 0 Å². The predicted octanol–water partition coefficient (Wildman–Crippen LogP) is 14.5. The van der Waals surface area contributed by atoms with Crippen LogP contribution in [0.5, 0.6) is 0 Å². The molecule has 0 aromatic heterocycles. The van der Waals surface area contributed by atoms with Gasteiger partial charge in [-0.1, -0.05) is 130 Å². The van der Waals surface area contributed by atoms with Gasteiger partial charge >= 0.3 is 0 Å². The first-order chi connectivity index (χ1) is 20.2. The number of hydrogen-bond donors (Lipinski definition) is 0. The largest absolute Gasteiger partial charge is 0.456 e. The van der Waals surface area contributed by atoms with E-state index in [-0.39, 0.29) is 0 Å². The van der Waals surface area contributed by atoms with Gasteiger partial charge in [-0.2, -0.15) is 0 Å². The zero-order chi connectivity index (χ0) is 35.1. The fourth-order valence-corrected chi connectivity index (χ4v) is 21.5. The van der Waals surface area contributed by atoms with Gasteiger partial charge in [0.25, 0.3) is 9.28 Å². The van der Waals surface area contributed by atoms with E-state index in [0.717, 1.165) is 0 Å². The van der Waals surface area contributed by atoms with Gasteiger partial charge in [0.2, 0.25) is 0 Å². The molecule has 0 aliphatic heterocycles. The summed E-state index contributed by atoms with van der Waals surface area (Å²) < 4.78 is 18.1. The summed E-state index contributed by atoms with van der Waals surface area (Å²) in [7, 11) is -6.71. The zero-order valence-electron chi connectivity index (χ0n) is 33.8. The fourth-order valence-electron chi connectivity index (χ4n) is 4.80. The molecule has 0 aromatic rings. The van der Waals surface area contributed by atoms with E-state index in [4.69, 9.17) is 12.3 Å². The summed E-state index contributed by atoms with van der Waals surface area (Å²) >= 11 is 0. The third-order valence-corrected chi connectivity index (χ3v) is 21.0. The van der Waals surface area contributed by atoms with Crippen LogP contribution in [0.2, 0.25) is 84.6 Å². The average molecular weight is 710 g/mol. The second kappa shape index (κ2) is 32.3. The zero-order valence-corrected chi connectivity index (χ0v) is 39.0. The molecule has 0 aromatic carbocycles. The Labute approximate surface area is 287 Å². The molecule has 8 heteroatoms. The summed E-state index contributed by atoms with van der Waals surface area (Å²) in [5.41, 5.74) is 0. The maximum Gasteiger partial charge on any atom is 0.297 e. The molecule has 0 N–H and O–H groups in total. The monoisotopic (exact) mass is 709 g/mol. The highest BCUT2D eigenvalue weighted by Crippen LogP contribution is 2.21. The predicted molar refractivity (Wildman–Crippen MR) is 220 cm³/mol. The summed E-state index contributed by atoms with van der Waals surface area (Å²) in [6.45, 7) is 39.8. The van der Waals surface area contributed by atoms with Crippen LogP contribution < -0.4 is 0 Å². The van der Waals surface area contributed by atoms with Crippen molar-refractivity contribution in [3.63, 3.8) is 0 Å². The molecule has 0 fully saturated rings. The van der Waals surface area contributed by atoms with Crippen LogP contribution in [0.4, 0.5) is 0 Å². The molecule has 0 aliphatic carbocycles. The molecule has 0 spiro atoms. The third-order valence-electron chi connectivity index (χ3n) is 6.47. The minimum absolute atomic E-state index is 1.19. The SMILES string of the molecule is C=CCCCCCC.CCCCCCCC.CCCCCCCC[Si](C)(C)O[Si](C)(C)C.C[SiH](O[Si](C)(C)C)O[Si](C)(C)C. The highest BCUT2D eigenvalue weighted by molar-refractivity contribution is 6.84. The molecule has 0 aliphatic rings. The Morgan fingerprint density at radius 2 is 0.795 bits per heavy atom. The summed E-state index contributed by atoms with van der Waals surface area (Å²) in [6.07, 6.45) is 25.5. The second-order valence-electron chi connectivity index (χ2n) is 16.1. The molecule has 0 atom stereocenters.